The SMILES string of the molecule is C.CC(C)(C)C1CC(C(C)(C)C)C1. The summed E-state index contributed by atoms with van der Waals surface area (Å²) >= 11 is 0. The van der Waals surface area contributed by atoms with Crippen LogP contribution in [-0.4, -0.2) is 0 Å². The Kier molecular flexibility index (Phi) is 3.63. The standard InChI is InChI=1S/C12H24.CH4/c1-11(2,3)9-7-10(8-9)12(4,5)6;/h9-10H,7-8H2,1-6H3;1H4. The Bertz CT molecular complexity index is 130. The normalized spacial score (nSPS) is 29.1. The van der Waals surface area contributed by atoms with E-state index in [1.807, 2.05) is 0 Å². The van der Waals surface area contributed by atoms with Crippen LogP contribution in [0.1, 0.15) is 61.8 Å². The zero-order valence-corrected chi connectivity index (χ0v) is 9.57. The highest BCUT2D eigenvalue weighted by atomic mass is 14.5. The predicted molar refractivity (Wildman–Crippen MR) is 61.9 cm³/mol. The van der Waals surface area contributed by atoms with Crippen LogP contribution in [0, 0.1) is 22.7 Å². The molecule has 0 aromatic rings. The van der Waals surface area contributed by atoms with E-state index in [9.17, 15) is 0 Å². The smallest absolute Gasteiger partial charge is 0.0354 e. The van der Waals surface area contributed by atoms with Gasteiger partial charge in [-0.3, -0.25) is 0 Å². The number of hydrogen-bond donors (Lipinski definition) is 0. The van der Waals surface area contributed by atoms with Crippen molar-refractivity contribution in [3.05, 3.63) is 0 Å². The van der Waals surface area contributed by atoms with Crippen LogP contribution < -0.4 is 0 Å². The van der Waals surface area contributed by atoms with Gasteiger partial charge in [-0.15, -0.1) is 0 Å². The fourth-order valence-electron chi connectivity index (χ4n) is 2.03. The van der Waals surface area contributed by atoms with Crippen molar-refractivity contribution in [1.29, 1.82) is 0 Å². The molecule has 0 saturated heterocycles. The molecular weight excluding hydrogens is 156 g/mol. The minimum Gasteiger partial charge on any atom is -0.0776 e. The Morgan fingerprint density at radius 2 is 0.923 bits per heavy atom. The van der Waals surface area contributed by atoms with E-state index in [-0.39, 0.29) is 7.43 Å². The van der Waals surface area contributed by atoms with Crippen LogP contribution in [-0.2, 0) is 0 Å². The fourth-order valence-corrected chi connectivity index (χ4v) is 2.03. The lowest BCUT2D eigenvalue weighted by Gasteiger charge is -2.49. The monoisotopic (exact) mass is 184 g/mol. The Hall–Kier alpha value is 0. The number of hydrogen-bond acceptors (Lipinski definition) is 0. The Morgan fingerprint density at radius 3 is 1.08 bits per heavy atom. The molecule has 1 aliphatic rings. The highest BCUT2D eigenvalue weighted by Gasteiger charge is 2.41. The molecule has 0 amide bonds. The first-order valence-electron chi connectivity index (χ1n) is 5.21. The second-order valence-corrected chi connectivity index (χ2v) is 6.60. The van der Waals surface area contributed by atoms with E-state index < -0.39 is 0 Å². The van der Waals surface area contributed by atoms with Gasteiger partial charge >= 0.3 is 0 Å². The Morgan fingerprint density at radius 1 is 0.692 bits per heavy atom. The van der Waals surface area contributed by atoms with Gasteiger partial charge in [0.25, 0.3) is 0 Å². The maximum atomic E-state index is 2.37. The van der Waals surface area contributed by atoms with Gasteiger partial charge in [0.15, 0.2) is 0 Å². The van der Waals surface area contributed by atoms with Crippen LogP contribution in [0.3, 0.4) is 0 Å². The largest absolute Gasteiger partial charge is 0.0776 e. The van der Waals surface area contributed by atoms with Gasteiger partial charge in [0.1, 0.15) is 0 Å². The van der Waals surface area contributed by atoms with Crippen molar-refractivity contribution < 1.29 is 0 Å². The van der Waals surface area contributed by atoms with Crippen LogP contribution in [0.4, 0.5) is 0 Å². The maximum Gasteiger partial charge on any atom is -0.0354 e. The molecule has 0 unspecified atom stereocenters. The van der Waals surface area contributed by atoms with E-state index in [1.54, 1.807) is 0 Å². The highest BCUT2D eigenvalue weighted by molar-refractivity contribution is 4.92. The van der Waals surface area contributed by atoms with Gasteiger partial charge in [-0.05, 0) is 35.5 Å². The Labute approximate surface area is 85.1 Å². The van der Waals surface area contributed by atoms with Crippen molar-refractivity contribution in [2.24, 2.45) is 22.7 Å². The minimum atomic E-state index is 0. The third-order valence-corrected chi connectivity index (χ3v) is 3.59. The van der Waals surface area contributed by atoms with Gasteiger partial charge in [0, 0.05) is 0 Å². The van der Waals surface area contributed by atoms with E-state index in [2.05, 4.69) is 41.5 Å². The molecule has 0 radical (unpaired) electrons. The van der Waals surface area contributed by atoms with E-state index in [0.29, 0.717) is 10.8 Å². The quantitative estimate of drug-likeness (QED) is 0.510. The van der Waals surface area contributed by atoms with Crippen LogP contribution in [0.5, 0.6) is 0 Å². The van der Waals surface area contributed by atoms with Crippen LogP contribution >= 0.6 is 0 Å². The van der Waals surface area contributed by atoms with Crippen molar-refractivity contribution in [3.8, 4) is 0 Å². The summed E-state index contributed by atoms with van der Waals surface area (Å²) in [5.41, 5.74) is 1.09. The number of rotatable bonds is 0. The second kappa shape index (κ2) is 3.63. The van der Waals surface area contributed by atoms with Crippen molar-refractivity contribution in [3.63, 3.8) is 0 Å². The molecule has 0 nitrogen and oxygen atoms in total. The van der Waals surface area contributed by atoms with Gasteiger partial charge in [-0.25, -0.2) is 0 Å². The molecule has 13 heavy (non-hydrogen) atoms. The zero-order valence-electron chi connectivity index (χ0n) is 9.57. The van der Waals surface area contributed by atoms with E-state index in [0.717, 1.165) is 11.8 Å². The molecule has 0 aromatic carbocycles. The van der Waals surface area contributed by atoms with E-state index in [4.69, 9.17) is 0 Å². The lowest BCUT2D eigenvalue weighted by Crippen LogP contribution is -2.40. The zero-order chi connectivity index (χ0) is 9.57. The average molecular weight is 184 g/mol. The molecule has 1 rings (SSSR count). The van der Waals surface area contributed by atoms with E-state index >= 15 is 0 Å². The first kappa shape index (κ1) is 13.0. The second-order valence-electron chi connectivity index (χ2n) is 6.60. The average Bonchev–Trinajstić information content (AvgIpc) is 1.46. The summed E-state index contributed by atoms with van der Waals surface area (Å²) in [7, 11) is 0. The lowest BCUT2D eigenvalue weighted by molar-refractivity contribution is 0.0110. The summed E-state index contributed by atoms with van der Waals surface area (Å²) in [4.78, 5) is 0. The molecule has 0 heteroatoms. The molecule has 1 fully saturated rings. The van der Waals surface area contributed by atoms with Gasteiger partial charge in [0.05, 0.1) is 0 Å². The molecule has 1 saturated carbocycles. The third-order valence-electron chi connectivity index (χ3n) is 3.59. The van der Waals surface area contributed by atoms with Crippen molar-refractivity contribution >= 4 is 0 Å². The lowest BCUT2D eigenvalue weighted by atomic mass is 9.56. The first-order chi connectivity index (χ1) is 5.21. The molecule has 80 valence electrons. The van der Waals surface area contributed by atoms with Gasteiger partial charge < -0.3 is 0 Å². The predicted octanol–water partition coefficient (Wildman–Crippen LogP) is 4.74. The van der Waals surface area contributed by atoms with Gasteiger partial charge in [-0.2, -0.15) is 0 Å². The molecule has 1 aliphatic carbocycles. The first-order valence-corrected chi connectivity index (χ1v) is 5.21. The van der Waals surface area contributed by atoms with Crippen LogP contribution in [0.15, 0.2) is 0 Å². The molecule has 0 heterocycles. The van der Waals surface area contributed by atoms with Crippen molar-refractivity contribution in [1.82, 2.24) is 0 Å². The summed E-state index contributed by atoms with van der Waals surface area (Å²) in [5, 5.41) is 0. The van der Waals surface area contributed by atoms with Gasteiger partial charge in [-0.1, -0.05) is 49.0 Å². The molecule has 0 atom stereocenters. The van der Waals surface area contributed by atoms with E-state index in [1.165, 1.54) is 12.8 Å². The fraction of sp³-hybridized carbons (Fsp3) is 1.00. The van der Waals surface area contributed by atoms with Crippen molar-refractivity contribution in [2.45, 2.75) is 61.8 Å². The van der Waals surface area contributed by atoms with Gasteiger partial charge in [0.2, 0.25) is 0 Å². The molecule has 0 bridgehead atoms. The summed E-state index contributed by atoms with van der Waals surface area (Å²) < 4.78 is 0. The van der Waals surface area contributed by atoms with Crippen molar-refractivity contribution in [2.75, 3.05) is 0 Å². The molecule has 0 spiro atoms. The molecule has 0 N–H and O–H groups in total. The third kappa shape index (κ3) is 3.00. The molecule has 0 aromatic heterocycles. The summed E-state index contributed by atoms with van der Waals surface area (Å²) in [5.74, 6) is 1.95. The summed E-state index contributed by atoms with van der Waals surface area (Å²) in [6, 6.07) is 0. The van der Waals surface area contributed by atoms with Crippen LogP contribution in [0.2, 0.25) is 0 Å². The topological polar surface area (TPSA) is 0 Å². The molecule has 0 aliphatic heterocycles. The minimum absolute atomic E-state index is 0. The maximum absolute atomic E-state index is 2.37. The Balaban J connectivity index is 0.00000144. The summed E-state index contributed by atoms with van der Waals surface area (Å²) in [6.45, 7) is 14.2. The highest BCUT2D eigenvalue weighted by Crippen LogP contribution is 2.51. The molecular formula is C13H28. The van der Waals surface area contributed by atoms with Crippen LogP contribution in [0.25, 0.3) is 0 Å². The summed E-state index contributed by atoms with van der Waals surface area (Å²) in [6.07, 6.45) is 2.90.